The molecule has 0 aliphatic carbocycles. The zero-order valence-electron chi connectivity index (χ0n) is 11.7. The summed E-state index contributed by atoms with van der Waals surface area (Å²) in [6, 6.07) is 16.6. The summed E-state index contributed by atoms with van der Waals surface area (Å²) < 4.78 is 0. The van der Waals surface area contributed by atoms with Crippen LogP contribution in [0.5, 0.6) is 0 Å². The molecule has 3 rings (SSSR count). The fourth-order valence-corrected chi connectivity index (χ4v) is 3.47. The van der Waals surface area contributed by atoms with Gasteiger partial charge in [0.25, 0.3) is 0 Å². The highest BCUT2D eigenvalue weighted by Gasteiger charge is 2.24. The van der Waals surface area contributed by atoms with Gasteiger partial charge < -0.3 is 5.32 Å². The van der Waals surface area contributed by atoms with Crippen LogP contribution in [0.3, 0.4) is 0 Å². The Morgan fingerprint density at radius 2 is 1.48 bits per heavy atom. The molecule has 2 aromatic carbocycles. The predicted molar refractivity (Wildman–Crippen MR) is 89.2 cm³/mol. The van der Waals surface area contributed by atoms with E-state index in [9.17, 15) is 0 Å². The molecular formula is C17H18Cl2N2. The van der Waals surface area contributed by atoms with Gasteiger partial charge in [0.05, 0.1) is 6.04 Å². The van der Waals surface area contributed by atoms with E-state index in [2.05, 4.69) is 34.5 Å². The fourth-order valence-electron chi connectivity index (χ4n) is 2.92. The Morgan fingerprint density at radius 3 is 2.10 bits per heavy atom. The zero-order valence-corrected chi connectivity index (χ0v) is 13.2. The summed E-state index contributed by atoms with van der Waals surface area (Å²) in [4.78, 5) is 2.48. The number of nitrogens with one attached hydrogen (secondary N) is 1. The minimum absolute atomic E-state index is 0.199. The largest absolute Gasteiger partial charge is 0.314 e. The second kappa shape index (κ2) is 6.80. The lowest BCUT2D eigenvalue weighted by Gasteiger charge is -2.35. The molecule has 1 heterocycles. The van der Waals surface area contributed by atoms with Crippen molar-refractivity contribution in [1.82, 2.24) is 10.2 Å². The van der Waals surface area contributed by atoms with E-state index in [-0.39, 0.29) is 6.04 Å². The summed E-state index contributed by atoms with van der Waals surface area (Å²) in [5.74, 6) is 0. The van der Waals surface area contributed by atoms with Crippen LogP contribution in [0.4, 0.5) is 0 Å². The Bertz CT molecular complexity index is 575. The fraction of sp³-hybridized carbons (Fsp3) is 0.294. The highest BCUT2D eigenvalue weighted by atomic mass is 35.5. The average Bonchev–Trinajstić information content (AvgIpc) is 2.49. The lowest BCUT2D eigenvalue weighted by atomic mass is 9.96. The minimum atomic E-state index is 0.199. The minimum Gasteiger partial charge on any atom is -0.314 e. The topological polar surface area (TPSA) is 15.3 Å². The van der Waals surface area contributed by atoms with Crippen LogP contribution in [-0.2, 0) is 0 Å². The van der Waals surface area contributed by atoms with Gasteiger partial charge >= 0.3 is 0 Å². The summed E-state index contributed by atoms with van der Waals surface area (Å²) in [6.45, 7) is 4.06. The Hall–Kier alpha value is -1.06. The van der Waals surface area contributed by atoms with Crippen molar-refractivity contribution in [2.45, 2.75) is 6.04 Å². The molecule has 0 radical (unpaired) electrons. The maximum Gasteiger partial charge on any atom is 0.0603 e. The highest BCUT2D eigenvalue weighted by molar-refractivity contribution is 6.34. The van der Waals surface area contributed by atoms with Crippen molar-refractivity contribution in [3.8, 4) is 0 Å². The Morgan fingerprint density at radius 1 is 0.857 bits per heavy atom. The first kappa shape index (κ1) is 14.9. The molecule has 1 N–H and O–H groups in total. The third-order valence-corrected chi connectivity index (χ3v) is 4.27. The molecular weight excluding hydrogens is 303 g/mol. The Kier molecular flexibility index (Phi) is 4.81. The standard InChI is InChI=1S/C17H18Cl2N2/c18-15-10-14(11-16(19)12-15)17(13-4-2-1-3-5-13)21-8-6-20-7-9-21/h1-5,10-12,17,20H,6-9H2/t17-/m0/s1. The van der Waals surface area contributed by atoms with Gasteiger partial charge in [-0.3, -0.25) is 4.90 Å². The van der Waals surface area contributed by atoms with Gasteiger partial charge in [-0.15, -0.1) is 0 Å². The van der Waals surface area contributed by atoms with Gasteiger partial charge in [0.2, 0.25) is 0 Å². The van der Waals surface area contributed by atoms with Gasteiger partial charge in [-0.25, -0.2) is 0 Å². The Labute approximate surface area is 135 Å². The van der Waals surface area contributed by atoms with Crippen molar-refractivity contribution in [3.63, 3.8) is 0 Å². The SMILES string of the molecule is Clc1cc(Cl)cc([C@H](c2ccccc2)N2CCNCC2)c1. The van der Waals surface area contributed by atoms with Gasteiger partial charge in [-0.05, 0) is 29.3 Å². The summed E-state index contributed by atoms with van der Waals surface area (Å²) in [6.07, 6.45) is 0. The molecule has 1 saturated heterocycles. The monoisotopic (exact) mass is 320 g/mol. The van der Waals surface area contributed by atoms with Gasteiger partial charge in [0.15, 0.2) is 0 Å². The predicted octanol–water partition coefficient (Wildman–Crippen LogP) is 3.99. The number of benzene rings is 2. The van der Waals surface area contributed by atoms with Gasteiger partial charge in [-0.1, -0.05) is 53.5 Å². The van der Waals surface area contributed by atoms with Gasteiger partial charge in [0, 0.05) is 36.2 Å². The van der Waals surface area contributed by atoms with E-state index >= 15 is 0 Å². The number of halogens is 2. The lowest BCUT2D eigenvalue weighted by molar-refractivity contribution is 0.198. The number of rotatable bonds is 3. The van der Waals surface area contributed by atoms with Crippen LogP contribution in [0.25, 0.3) is 0 Å². The molecule has 0 saturated carbocycles. The second-order valence-corrected chi connectivity index (χ2v) is 6.17. The van der Waals surface area contributed by atoms with E-state index in [1.807, 2.05) is 18.2 Å². The van der Waals surface area contributed by atoms with E-state index in [1.165, 1.54) is 5.56 Å². The first-order valence-corrected chi connectivity index (χ1v) is 7.95. The Balaban J connectivity index is 2.02. The van der Waals surface area contributed by atoms with Crippen LogP contribution in [0.1, 0.15) is 17.2 Å². The van der Waals surface area contributed by atoms with E-state index in [1.54, 1.807) is 6.07 Å². The summed E-state index contributed by atoms with van der Waals surface area (Å²) >= 11 is 12.4. The molecule has 2 nitrogen and oxygen atoms in total. The highest BCUT2D eigenvalue weighted by Crippen LogP contribution is 2.32. The van der Waals surface area contributed by atoms with Crippen molar-refractivity contribution >= 4 is 23.2 Å². The smallest absolute Gasteiger partial charge is 0.0603 e. The van der Waals surface area contributed by atoms with Crippen LogP contribution in [-0.4, -0.2) is 31.1 Å². The van der Waals surface area contributed by atoms with Crippen molar-refractivity contribution in [2.24, 2.45) is 0 Å². The summed E-state index contributed by atoms with van der Waals surface area (Å²) in [5, 5.41) is 4.78. The van der Waals surface area contributed by atoms with Crippen LogP contribution < -0.4 is 5.32 Å². The van der Waals surface area contributed by atoms with Crippen molar-refractivity contribution in [3.05, 3.63) is 69.7 Å². The molecule has 1 aliphatic heterocycles. The maximum atomic E-state index is 6.21. The van der Waals surface area contributed by atoms with Crippen LogP contribution in [0.15, 0.2) is 48.5 Å². The molecule has 21 heavy (non-hydrogen) atoms. The van der Waals surface area contributed by atoms with Crippen molar-refractivity contribution in [1.29, 1.82) is 0 Å². The van der Waals surface area contributed by atoms with Crippen molar-refractivity contribution < 1.29 is 0 Å². The number of piperazine rings is 1. The molecule has 0 bridgehead atoms. The molecule has 1 fully saturated rings. The molecule has 4 heteroatoms. The van der Waals surface area contributed by atoms with E-state index in [0.29, 0.717) is 10.0 Å². The molecule has 0 aromatic heterocycles. The van der Waals surface area contributed by atoms with Gasteiger partial charge in [-0.2, -0.15) is 0 Å². The maximum absolute atomic E-state index is 6.21. The van der Waals surface area contributed by atoms with Crippen molar-refractivity contribution in [2.75, 3.05) is 26.2 Å². The molecule has 0 amide bonds. The van der Waals surface area contributed by atoms with E-state index < -0.39 is 0 Å². The zero-order chi connectivity index (χ0) is 14.7. The summed E-state index contributed by atoms with van der Waals surface area (Å²) in [7, 11) is 0. The third-order valence-electron chi connectivity index (χ3n) is 3.83. The lowest BCUT2D eigenvalue weighted by Crippen LogP contribution is -2.45. The van der Waals surface area contributed by atoms with Crippen LogP contribution in [0, 0.1) is 0 Å². The third kappa shape index (κ3) is 3.58. The number of hydrogen-bond donors (Lipinski definition) is 1. The summed E-state index contributed by atoms with van der Waals surface area (Å²) in [5.41, 5.74) is 2.43. The van der Waals surface area contributed by atoms with Gasteiger partial charge in [0.1, 0.15) is 0 Å². The molecule has 0 unspecified atom stereocenters. The molecule has 2 aromatic rings. The van der Waals surface area contributed by atoms with Crippen LogP contribution >= 0.6 is 23.2 Å². The molecule has 1 atom stereocenters. The quantitative estimate of drug-likeness (QED) is 0.920. The number of nitrogens with zero attached hydrogens (tertiary/aromatic N) is 1. The molecule has 0 spiro atoms. The van der Waals surface area contributed by atoms with E-state index in [4.69, 9.17) is 23.2 Å². The normalized spacial score (nSPS) is 17.6. The second-order valence-electron chi connectivity index (χ2n) is 5.30. The van der Waals surface area contributed by atoms with Crippen LogP contribution in [0.2, 0.25) is 10.0 Å². The molecule has 1 aliphatic rings. The molecule has 110 valence electrons. The first-order chi connectivity index (χ1) is 10.2. The number of hydrogen-bond acceptors (Lipinski definition) is 2. The average molecular weight is 321 g/mol. The van der Waals surface area contributed by atoms with E-state index in [0.717, 1.165) is 31.7 Å². The first-order valence-electron chi connectivity index (χ1n) is 7.20.